The van der Waals surface area contributed by atoms with E-state index >= 15 is 0 Å². The van der Waals surface area contributed by atoms with Crippen molar-refractivity contribution in [2.24, 2.45) is 16.8 Å². The van der Waals surface area contributed by atoms with Gasteiger partial charge in [-0.15, -0.1) is 0 Å². The van der Waals surface area contributed by atoms with Crippen molar-refractivity contribution in [3.63, 3.8) is 0 Å². The van der Waals surface area contributed by atoms with Crippen LogP contribution in [0.1, 0.15) is 40.0 Å². The van der Waals surface area contributed by atoms with Crippen LogP contribution >= 0.6 is 0 Å². The Hall–Kier alpha value is -1.46. The van der Waals surface area contributed by atoms with Crippen LogP contribution in [0.5, 0.6) is 0 Å². The molecule has 0 aliphatic heterocycles. The third kappa shape index (κ3) is 4.13. The molecular formula is C11H21N3O3. The van der Waals surface area contributed by atoms with Crippen LogP contribution in [0.25, 0.3) is 0 Å². The second-order valence-electron chi connectivity index (χ2n) is 5.31. The number of amides is 1. The summed E-state index contributed by atoms with van der Waals surface area (Å²) in [7, 11) is 0. The molecule has 6 heteroatoms. The lowest BCUT2D eigenvalue weighted by atomic mass is 10.0. The van der Waals surface area contributed by atoms with Crippen LogP contribution in [0.4, 0.5) is 4.79 Å². The summed E-state index contributed by atoms with van der Waals surface area (Å²) < 4.78 is 5.17. The third-order valence-electron chi connectivity index (χ3n) is 2.71. The van der Waals surface area contributed by atoms with Crippen LogP contribution in [-0.2, 0) is 4.74 Å². The van der Waals surface area contributed by atoms with Gasteiger partial charge in [0.1, 0.15) is 11.4 Å². The Morgan fingerprint density at radius 2 is 2.12 bits per heavy atom. The Morgan fingerprint density at radius 1 is 1.47 bits per heavy atom. The minimum Gasteiger partial charge on any atom is -0.444 e. The van der Waals surface area contributed by atoms with Gasteiger partial charge in [-0.1, -0.05) is 11.6 Å². The summed E-state index contributed by atoms with van der Waals surface area (Å²) in [6.45, 7) is 5.42. The fraction of sp³-hybridized carbons (Fsp3) is 0.818. The van der Waals surface area contributed by atoms with Crippen molar-refractivity contribution in [1.82, 2.24) is 5.32 Å². The maximum Gasteiger partial charge on any atom is 0.407 e. The standard InChI is InChI=1S/C11H21N3O3/c1-11(2,3)17-10(15)13-8-6-4-5-7(8)9(12)14-16/h7-8,16H,4-6H2,1-3H3,(H2,12,14)(H,13,15)/t7-,8+/m0/s1. The first-order chi connectivity index (χ1) is 7.83. The molecule has 1 rings (SSSR count). The molecule has 0 radical (unpaired) electrons. The number of carbonyl (C=O) groups is 1. The van der Waals surface area contributed by atoms with E-state index in [-0.39, 0.29) is 17.8 Å². The van der Waals surface area contributed by atoms with Crippen molar-refractivity contribution >= 4 is 11.9 Å². The van der Waals surface area contributed by atoms with E-state index in [1.54, 1.807) is 0 Å². The fourth-order valence-corrected chi connectivity index (χ4v) is 2.02. The van der Waals surface area contributed by atoms with Crippen LogP contribution in [0.15, 0.2) is 5.16 Å². The summed E-state index contributed by atoms with van der Waals surface area (Å²) in [6, 6.07) is -0.110. The van der Waals surface area contributed by atoms with Crippen LogP contribution in [-0.4, -0.2) is 28.8 Å². The van der Waals surface area contributed by atoms with Crippen LogP contribution in [0, 0.1) is 5.92 Å². The number of carbonyl (C=O) groups excluding carboxylic acids is 1. The van der Waals surface area contributed by atoms with Gasteiger partial charge in [0.25, 0.3) is 0 Å². The van der Waals surface area contributed by atoms with Gasteiger partial charge in [0.15, 0.2) is 0 Å². The van der Waals surface area contributed by atoms with Gasteiger partial charge in [-0.2, -0.15) is 0 Å². The minimum atomic E-state index is -0.519. The summed E-state index contributed by atoms with van der Waals surface area (Å²) in [4.78, 5) is 11.6. The van der Waals surface area contributed by atoms with Crippen LogP contribution in [0.3, 0.4) is 0 Å². The largest absolute Gasteiger partial charge is 0.444 e. The highest BCUT2D eigenvalue weighted by Gasteiger charge is 2.32. The smallest absolute Gasteiger partial charge is 0.407 e. The number of alkyl carbamates (subject to hydrolysis) is 1. The van der Waals surface area contributed by atoms with Gasteiger partial charge in [-0.3, -0.25) is 0 Å². The third-order valence-corrected chi connectivity index (χ3v) is 2.71. The van der Waals surface area contributed by atoms with Crippen molar-refractivity contribution < 1.29 is 14.7 Å². The number of nitrogens with one attached hydrogen (secondary N) is 1. The number of nitrogens with zero attached hydrogens (tertiary/aromatic N) is 1. The van der Waals surface area contributed by atoms with Gasteiger partial charge in [-0.05, 0) is 33.6 Å². The fourth-order valence-electron chi connectivity index (χ4n) is 2.02. The van der Waals surface area contributed by atoms with Gasteiger partial charge in [-0.25, -0.2) is 4.79 Å². The first-order valence-corrected chi connectivity index (χ1v) is 5.80. The Morgan fingerprint density at radius 3 is 2.65 bits per heavy atom. The van der Waals surface area contributed by atoms with Crippen molar-refractivity contribution in [2.45, 2.75) is 51.7 Å². The molecule has 1 amide bonds. The highest BCUT2D eigenvalue weighted by molar-refractivity contribution is 5.84. The Labute approximate surface area is 101 Å². The van der Waals surface area contributed by atoms with E-state index in [0.717, 1.165) is 19.3 Å². The van der Waals surface area contributed by atoms with E-state index < -0.39 is 11.7 Å². The zero-order chi connectivity index (χ0) is 13.1. The summed E-state index contributed by atoms with van der Waals surface area (Å²) in [5.74, 6) is 0.0658. The highest BCUT2D eigenvalue weighted by atomic mass is 16.6. The van der Waals surface area contributed by atoms with Gasteiger partial charge in [0.05, 0.1) is 0 Å². The van der Waals surface area contributed by atoms with Crippen molar-refractivity contribution in [1.29, 1.82) is 0 Å². The number of hydrogen-bond acceptors (Lipinski definition) is 4. The Balaban J connectivity index is 2.53. The highest BCUT2D eigenvalue weighted by Crippen LogP contribution is 2.26. The van der Waals surface area contributed by atoms with Gasteiger partial charge < -0.3 is 21.0 Å². The first-order valence-electron chi connectivity index (χ1n) is 5.80. The molecule has 0 aromatic carbocycles. The van der Waals surface area contributed by atoms with Crippen molar-refractivity contribution in [2.75, 3.05) is 0 Å². The number of oxime groups is 1. The summed E-state index contributed by atoms with van der Waals surface area (Å²) >= 11 is 0. The number of rotatable bonds is 2. The van der Waals surface area contributed by atoms with Crippen molar-refractivity contribution in [3.8, 4) is 0 Å². The molecule has 0 spiro atoms. The predicted octanol–water partition coefficient (Wildman–Crippen LogP) is 1.43. The molecule has 0 unspecified atom stereocenters. The Bertz CT molecular complexity index is 310. The zero-order valence-corrected chi connectivity index (χ0v) is 10.6. The first kappa shape index (κ1) is 13.6. The molecular weight excluding hydrogens is 222 g/mol. The van der Waals surface area contributed by atoms with E-state index in [0.29, 0.717) is 0 Å². The molecule has 1 aliphatic carbocycles. The zero-order valence-electron chi connectivity index (χ0n) is 10.6. The number of nitrogens with two attached hydrogens (primary N) is 1. The number of hydrogen-bond donors (Lipinski definition) is 3. The number of ether oxygens (including phenoxy) is 1. The Kier molecular flexibility index (Phi) is 4.20. The molecule has 0 bridgehead atoms. The normalized spacial score (nSPS) is 25.7. The number of amidine groups is 1. The second-order valence-corrected chi connectivity index (χ2v) is 5.31. The van der Waals surface area contributed by atoms with Crippen LogP contribution in [0.2, 0.25) is 0 Å². The molecule has 0 heterocycles. The lowest BCUT2D eigenvalue weighted by molar-refractivity contribution is 0.0499. The monoisotopic (exact) mass is 243 g/mol. The van der Waals surface area contributed by atoms with E-state index in [1.807, 2.05) is 20.8 Å². The van der Waals surface area contributed by atoms with Crippen LogP contribution < -0.4 is 11.1 Å². The summed E-state index contributed by atoms with van der Waals surface area (Å²) in [5, 5.41) is 14.4. The van der Waals surface area contributed by atoms with Crippen molar-refractivity contribution in [3.05, 3.63) is 0 Å². The molecule has 2 atom stereocenters. The maximum atomic E-state index is 11.6. The minimum absolute atomic E-state index is 0.104. The molecule has 6 nitrogen and oxygen atoms in total. The predicted molar refractivity (Wildman–Crippen MR) is 63.9 cm³/mol. The summed E-state index contributed by atoms with van der Waals surface area (Å²) in [6.07, 6.45) is 2.12. The maximum absolute atomic E-state index is 11.6. The topological polar surface area (TPSA) is 96.9 Å². The molecule has 1 aliphatic rings. The summed E-state index contributed by atoms with van der Waals surface area (Å²) in [5.41, 5.74) is 5.06. The van der Waals surface area contributed by atoms with Gasteiger partial charge in [0, 0.05) is 12.0 Å². The molecule has 1 saturated carbocycles. The molecule has 98 valence electrons. The lowest BCUT2D eigenvalue weighted by Crippen LogP contribution is -2.44. The van der Waals surface area contributed by atoms with E-state index in [4.69, 9.17) is 15.7 Å². The molecule has 0 saturated heterocycles. The SMILES string of the molecule is CC(C)(C)OC(=O)N[C@@H]1CCC[C@@H]1/C(N)=N\O. The average molecular weight is 243 g/mol. The lowest BCUT2D eigenvalue weighted by Gasteiger charge is -2.24. The van der Waals surface area contributed by atoms with E-state index in [9.17, 15) is 4.79 Å². The molecule has 0 aromatic heterocycles. The van der Waals surface area contributed by atoms with E-state index in [2.05, 4.69) is 10.5 Å². The van der Waals surface area contributed by atoms with Gasteiger partial charge in [0.2, 0.25) is 0 Å². The average Bonchev–Trinajstić information content (AvgIpc) is 2.61. The quantitative estimate of drug-likeness (QED) is 0.296. The molecule has 1 fully saturated rings. The molecule has 17 heavy (non-hydrogen) atoms. The molecule has 4 N–H and O–H groups in total. The molecule has 0 aromatic rings. The van der Waals surface area contributed by atoms with E-state index in [1.165, 1.54) is 0 Å². The van der Waals surface area contributed by atoms with Gasteiger partial charge >= 0.3 is 6.09 Å². The second kappa shape index (κ2) is 5.25.